The fourth-order valence-electron chi connectivity index (χ4n) is 3.91. The Morgan fingerprint density at radius 3 is 1.44 bits per heavy atom. The lowest BCUT2D eigenvalue weighted by Gasteiger charge is -2.38. The molecule has 0 nitrogen and oxygen atoms in total. The van der Waals surface area contributed by atoms with Crippen LogP contribution in [-0.2, 0) is 0 Å². The molecular formula is C15H31BSSi. The molecule has 0 bridgehead atoms. The van der Waals surface area contributed by atoms with Crippen molar-refractivity contribution in [1.29, 1.82) is 0 Å². The zero-order valence-electron chi connectivity index (χ0n) is 12.7. The third kappa shape index (κ3) is 4.63. The first-order chi connectivity index (χ1) is 8.56. The molecule has 0 heterocycles. The van der Waals surface area contributed by atoms with Gasteiger partial charge in [0.15, 0.2) is 0 Å². The Bertz CT molecular complexity index is 221. The molecule has 0 atom stereocenters. The Kier molecular flexibility index (Phi) is 5.74. The average Bonchev–Trinajstić information content (AvgIpc) is 2.37. The molecule has 2 aliphatic carbocycles. The molecule has 3 heteroatoms. The van der Waals surface area contributed by atoms with Gasteiger partial charge in [0.1, 0.15) is 0 Å². The molecule has 0 aromatic rings. The van der Waals surface area contributed by atoms with Gasteiger partial charge in [0.2, 0.25) is 5.99 Å². The molecule has 18 heavy (non-hydrogen) atoms. The maximum absolute atomic E-state index is 2.55. The highest BCUT2D eigenvalue weighted by Crippen LogP contribution is 2.47. The maximum Gasteiger partial charge on any atom is 0.208 e. The fraction of sp³-hybridized carbons (Fsp3) is 1.00. The van der Waals surface area contributed by atoms with Crippen molar-refractivity contribution in [2.45, 2.75) is 95.5 Å². The van der Waals surface area contributed by atoms with Gasteiger partial charge in [0, 0.05) is 0 Å². The molecule has 2 fully saturated rings. The lowest BCUT2D eigenvalue weighted by atomic mass is 9.47. The molecular weight excluding hydrogens is 251 g/mol. The van der Waals surface area contributed by atoms with Crippen LogP contribution in [0.5, 0.6) is 0 Å². The van der Waals surface area contributed by atoms with Gasteiger partial charge in [0.25, 0.3) is 0 Å². The summed E-state index contributed by atoms with van der Waals surface area (Å²) in [7, 11) is -0.972. The van der Waals surface area contributed by atoms with Crippen molar-refractivity contribution >= 4 is 24.3 Å². The molecule has 2 aliphatic rings. The first-order valence-electron chi connectivity index (χ1n) is 8.24. The second-order valence-electron chi connectivity index (χ2n) is 7.49. The van der Waals surface area contributed by atoms with Crippen LogP contribution in [0.3, 0.4) is 0 Å². The van der Waals surface area contributed by atoms with Crippen LogP contribution in [0.4, 0.5) is 0 Å². The summed E-state index contributed by atoms with van der Waals surface area (Å²) in [6.07, 6.45) is 15.2. The van der Waals surface area contributed by atoms with E-state index in [1.807, 2.05) is 0 Å². The van der Waals surface area contributed by atoms with Crippen LogP contribution in [0.2, 0.25) is 31.3 Å². The smallest absolute Gasteiger partial charge is 0.208 e. The highest BCUT2D eigenvalue weighted by Gasteiger charge is 2.37. The predicted octanol–water partition coefficient (Wildman–Crippen LogP) is 6.21. The topological polar surface area (TPSA) is 0 Å². The monoisotopic (exact) mass is 282 g/mol. The van der Waals surface area contributed by atoms with E-state index in [9.17, 15) is 0 Å². The molecule has 104 valence electrons. The Morgan fingerprint density at radius 2 is 1.11 bits per heavy atom. The lowest BCUT2D eigenvalue weighted by molar-refractivity contribution is 0.468. The molecule has 0 spiro atoms. The van der Waals surface area contributed by atoms with Gasteiger partial charge < -0.3 is 0 Å². The number of rotatable bonds is 4. The highest BCUT2D eigenvalue weighted by atomic mass is 32.4. The molecule has 0 amide bonds. The summed E-state index contributed by atoms with van der Waals surface area (Å²) in [5, 5.41) is 0. The third-order valence-electron chi connectivity index (χ3n) is 4.72. The second kappa shape index (κ2) is 6.88. The summed E-state index contributed by atoms with van der Waals surface area (Å²) >= 11 is 2.45. The van der Waals surface area contributed by atoms with E-state index in [4.69, 9.17) is 0 Å². The summed E-state index contributed by atoms with van der Waals surface area (Å²) in [6, 6.07) is 0. The van der Waals surface area contributed by atoms with Crippen molar-refractivity contribution < 1.29 is 0 Å². The molecule has 0 saturated heterocycles. The summed E-state index contributed by atoms with van der Waals surface area (Å²) in [4.78, 5) is 0. The molecule has 2 rings (SSSR count). The quantitative estimate of drug-likeness (QED) is 0.552. The van der Waals surface area contributed by atoms with E-state index >= 15 is 0 Å². The van der Waals surface area contributed by atoms with Gasteiger partial charge in [-0.25, -0.2) is 11.1 Å². The van der Waals surface area contributed by atoms with Crippen molar-refractivity contribution in [2.75, 3.05) is 0 Å². The van der Waals surface area contributed by atoms with Crippen molar-refractivity contribution in [2.24, 2.45) is 0 Å². The van der Waals surface area contributed by atoms with E-state index in [1.165, 1.54) is 38.5 Å². The molecule has 0 aromatic carbocycles. The minimum absolute atomic E-state index is 0.972. The van der Waals surface area contributed by atoms with Crippen molar-refractivity contribution in [3.63, 3.8) is 0 Å². The van der Waals surface area contributed by atoms with E-state index in [2.05, 4.69) is 30.7 Å². The largest absolute Gasteiger partial charge is 0.229 e. The summed E-state index contributed by atoms with van der Waals surface area (Å²) in [6.45, 7) is 7.66. The van der Waals surface area contributed by atoms with Crippen LogP contribution in [0.15, 0.2) is 0 Å². The molecule has 2 saturated carbocycles. The van der Waals surface area contributed by atoms with Crippen molar-refractivity contribution in [1.82, 2.24) is 0 Å². The van der Waals surface area contributed by atoms with Gasteiger partial charge in [-0.1, -0.05) is 95.5 Å². The maximum atomic E-state index is 2.55. The second-order valence-corrected chi connectivity index (χ2v) is 16.9. The summed E-state index contributed by atoms with van der Waals surface area (Å²) in [5.74, 6) is 3.16. The van der Waals surface area contributed by atoms with E-state index in [-0.39, 0.29) is 0 Å². The lowest BCUT2D eigenvalue weighted by Crippen LogP contribution is -2.33. The standard InChI is InChI=1S/C15H31BSSi/c1-18(2,3)17-16(14-10-6-4-7-11-14)15-12-8-5-9-13-15/h14-15H,4-13H2,1-3H3. The zero-order valence-corrected chi connectivity index (χ0v) is 14.5. The van der Waals surface area contributed by atoms with Gasteiger partial charge in [-0.15, -0.1) is 0 Å². The van der Waals surface area contributed by atoms with E-state index in [0.29, 0.717) is 0 Å². The van der Waals surface area contributed by atoms with Gasteiger partial charge in [0.05, 0.1) is 7.22 Å². The molecule has 0 aliphatic heterocycles. The van der Waals surface area contributed by atoms with Crippen molar-refractivity contribution in [3.05, 3.63) is 0 Å². The van der Waals surface area contributed by atoms with E-state index in [0.717, 1.165) is 17.6 Å². The zero-order chi connectivity index (χ0) is 13.0. The minimum Gasteiger partial charge on any atom is -0.229 e. The average molecular weight is 282 g/mol. The van der Waals surface area contributed by atoms with Crippen LogP contribution < -0.4 is 0 Å². The van der Waals surface area contributed by atoms with Crippen LogP contribution >= 0.6 is 11.1 Å². The highest BCUT2D eigenvalue weighted by molar-refractivity contribution is 8.47. The van der Waals surface area contributed by atoms with Gasteiger partial charge in [-0.05, 0) is 0 Å². The fourth-order valence-corrected chi connectivity index (χ4v) is 9.26. The normalized spacial score (nSPS) is 24.2. The van der Waals surface area contributed by atoms with Crippen molar-refractivity contribution in [3.8, 4) is 0 Å². The third-order valence-corrected chi connectivity index (χ3v) is 9.41. The van der Waals surface area contributed by atoms with Crippen LogP contribution in [0.25, 0.3) is 0 Å². The Hall–Kier alpha value is 0.632. The molecule has 0 radical (unpaired) electrons. The van der Waals surface area contributed by atoms with Crippen LogP contribution in [0.1, 0.15) is 64.2 Å². The molecule has 0 unspecified atom stereocenters. The molecule has 0 aromatic heterocycles. The van der Waals surface area contributed by atoms with E-state index < -0.39 is 7.22 Å². The van der Waals surface area contributed by atoms with Crippen LogP contribution in [0, 0.1) is 0 Å². The molecule has 0 N–H and O–H groups in total. The van der Waals surface area contributed by atoms with Crippen LogP contribution in [-0.4, -0.2) is 13.2 Å². The summed E-state index contributed by atoms with van der Waals surface area (Å²) < 4.78 is 0. The Morgan fingerprint density at radius 1 is 0.722 bits per heavy atom. The van der Waals surface area contributed by atoms with E-state index in [1.54, 1.807) is 25.7 Å². The predicted molar refractivity (Wildman–Crippen MR) is 90.4 cm³/mol. The number of hydrogen-bond acceptors (Lipinski definition) is 1. The first kappa shape index (κ1) is 15.0. The summed E-state index contributed by atoms with van der Waals surface area (Å²) in [5.41, 5.74) is 0. The number of hydrogen-bond donors (Lipinski definition) is 0. The Labute approximate surface area is 120 Å². The Balaban J connectivity index is 2.00. The van der Waals surface area contributed by atoms with Gasteiger partial charge >= 0.3 is 0 Å². The van der Waals surface area contributed by atoms with Gasteiger partial charge in [-0.3, -0.25) is 0 Å². The SMILES string of the molecule is C[Si](C)(C)SB(C1CCCCC1)C1CCCCC1. The van der Waals surface area contributed by atoms with Gasteiger partial charge in [-0.2, -0.15) is 0 Å². The first-order valence-corrected chi connectivity index (χ1v) is 13.3. The minimum atomic E-state index is -0.972.